The van der Waals surface area contributed by atoms with Crippen LogP contribution >= 0.6 is 0 Å². The summed E-state index contributed by atoms with van der Waals surface area (Å²) in [5, 5.41) is 5.61. The molecule has 0 saturated carbocycles. The lowest BCUT2D eigenvalue weighted by Gasteiger charge is -2.09. The lowest BCUT2D eigenvalue weighted by molar-refractivity contribution is -0.118. The molecular weight excluding hydrogens is 264 g/mol. The second-order valence-corrected chi connectivity index (χ2v) is 5.04. The molecule has 108 valence electrons. The van der Waals surface area contributed by atoms with E-state index < -0.39 is 0 Å². The van der Waals surface area contributed by atoms with Crippen LogP contribution in [0.25, 0.3) is 0 Å². The fourth-order valence-electron chi connectivity index (χ4n) is 1.72. The molecule has 0 aliphatic carbocycles. The molecule has 4 nitrogen and oxygen atoms in total. The van der Waals surface area contributed by atoms with E-state index in [0.717, 1.165) is 0 Å². The Morgan fingerprint density at radius 3 is 1.86 bits per heavy atom. The van der Waals surface area contributed by atoms with Gasteiger partial charge in [-0.25, -0.2) is 0 Å². The van der Waals surface area contributed by atoms with Gasteiger partial charge >= 0.3 is 0 Å². The van der Waals surface area contributed by atoms with Crippen LogP contribution < -0.4 is 10.6 Å². The molecule has 0 unspecified atom stereocenters. The highest BCUT2D eigenvalue weighted by Crippen LogP contribution is 2.15. The minimum Gasteiger partial charge on any atom is -0.326 e. The van der Waals surface area contributed by atoms with Gasteiger partial charge in [-0.05, 0) is 36.4 Å². The number of nitrogens with one attached hydrogen (secondary N) is 2. The molecule has 0 aromatic heterocycles. The zero-order valence-corrected chi connectivity index (χ0v) is 12.1. The van der Waals surface area contributed by atoms with Gasteiger partial charge in [0.2, 0.25) is 5.91 Å². The molecule has 0 bridgehead atoms. The summed E-state index contributed by atoms with van der Waals surface area (Å²) in [5.41, 5.74) is 2.01. The summed E-state index contributed by atoms with van der Waals surface area (Å²) in [4.78, 5) is 23.6. The molecule has 0 fully saturated rings. The number of carbonyl (C=O) groups excluding carboxylic acids is 2. The van der Waals surface area contributed by atoms with E-state index in [1.165, 1.54) is 0 Å². The van der Waals surface area contributed by atoms with E-state index >= 15 is 0 Å². The zero-order valence-electron chi connectivity index (χ0n) is 12.1. The summed E-state index contributed by atoms with van der Waals surface area (Å²) < 4.78 is 0. The largest absolute Gasteiger partial charge is 0.326 e. The van der Waals surface area contributed by atoms with Crippen LogP contribution in [0.4, 0.5) is 11.4 Å². The molecule has 2 N–H and O–H groups in total. The predicted octanol–water partition coefficient (Wildman–Crippen LogP) is 3.53. The van der Waals surface area contributed by atoms with Gasteiger partial charge in [-0.2, -0.15) is 0 Å². The Morgan fingerprint density at radius 1 is 0.810 bits per heavy atom. The van der Waals surface area contributed by atoms with Gasteiger partial charge in [0.1, 0.15) is 0 Å². The minimum atomic E-state index is -0.158. The van der Waals surface area contributed by atoms with E-state index in [1.807, 2.05) is 32.0 Å². The van der Waals surface area contributed by atoms with Gasteiger partial charge in [0.15, 0.2) is 0 Å². The van der Waals surface area contributed by atoms with Crippen molar-refractivity contribution in [3.63, 3.8) is 0 Å². The van der Waals surface area contributed by atoms with E-state index in [9.17, 15) is 9.59 Å². The first kappa shape index (κ1) is 14.8. The number of carbonyl (C=O) groups is 2. The smallest absolute Gasteiger partial charge is 0.255 e. The molecule has 0 heterocycles. The van der Waals surface area contributed by atoms with Crippen molar-refractivity contribution >= 4 is 23.2 Å². The Morgan fingerprint density at radius 2 is 1.33 bits per heavy atom. The van der Waals surface area contributed by atoms with Crippen LogP contribution in [0.2, 0.25) is 0 Å². The normalized spacial score (nSPS) is 10.2. The number of hydrogen-bond donors (Lipinski definition) is 2. The van der Waals surface area contributed by atoms with Crippen molar-refractivity contribution in [1.82, 2.24) is 0 Å². The summed E-state index contributed by atoms with van der Waals surface area (Å²) in [6.07, 6.45) is 0. The number of hydrogen-bond acceptors (Lipinski definition) is 2. The van der Waals surface area contributed by atoms with Crippen molar-refractivity contribution in [2.45, 2.75) is 13.8 Å². The number of benzene rings is 2. The van der Waals surface area contributed by atoms with Crippen molar-refractivity contribution < 1.29 is 9.59 Å². The minimum absolute atomic E-state index is 0.0314. The SMILES string of the molecule is CC(C)C(=O)Nc1ccc(NC(=O)c2ccccc2)cc1. The van der Waals surface area contributed by atoms with Crippen molar-refractivity contribution in [2.75, 3.05) is 10.6 Å². The molecule has 0 atom stereocenters. The molecular formula is C17H18N2O2. The van der Waals surface area contributed by atoms with Gasteiger partial charge in [-0.15, -0.1) is 0 Å². The molecule has 0 spiro atoms. The highest BCUT2D eigenvalue weighted by atomic mass is 16.2. The lowest BCUT2D eigenvalue weighted by atomic mass is 10.2. The van der Waals surface area contributed by atoms with Crippen LogP contribution in [-0.4, -0.2) is 11.8 Å². The molecule has 2 aromatic rings. The van der Waals surface area contributed by atoms with Crippen molar-refractivity contribution in [1.29, 1.82) is 0 Å². The average molecular weight is 282 g/mol. The summed E-state index contributed by atoms with van der Waals surface area (Å²) in [7, 11) is 0. The summed E-state index contributed by atoms with van der Waals surface area (Å²) in [6.45, 7) is 3.67. The molecule has 0 saturated heterocycles. The number of rotatable bonds is 4. The molecule has 0 radical (unpaired) electrons. The first-order chi connectivity index (χ1) is 10.1. The molecule has 2 aromatic carbocycles. The number of anilines is 2. The molecule has 21 heavy (non-hydrogen) atoms. The van der Waals surface area contributed by atoms with Gasteiger partial charge in [-0.3, -0.25) is 9.59 Å². The predicted molar refractivity (Wildman–Crippen MR) is 84.3 cm³/mol. The first-order valence-corrected chi connectivity index (χ1v) is 6.83. The van der Waals surface area contributed by atoms with Gasteiger partial charge in [0.25, 0.3) is 5.91 Å². The summed E-state index contributed by atoms with van der Waals surface area (Å²) >= 11 is 0. The van der Waals surface area contributed by atoms with E-state index in [4.69, 9.17) is 0 Å². The van der Waals surface area contributed by atoms with Crippen molar-refractivity contribution in [3.8, 4) is 0 Å². The van der Waals surface area contributed by atoms with Crippen LogP contribution in [0.5, 0.6) is 0 Å². The Hall–Kier alpha value is -2.62. The molecule has 2 amide bonds. The average Bonchev–Trinajstić information content (AvgIpc) is 2.50. The third-order valence-electron chi connectivity index (χ3n) is 2.97. The maximum Gasteiger partial charge on any atom is 0.255 e. The lowest BCUT2D eigenvalue weighted by Crippen LogP contribution is -2.17. The Balaban J connectivity index is 2.00. The Labute approximate surface area is 124 Å². The van der Waals surface area contributed by atoms with Gasteiger partial charge in [-0.1, -0.05) is 32.0 Å². The Kier molecular flexibility index (Phi) is 4.72. The van der Waals surface area contributed by atoms with E-state index in [2.05, 4.69) is 10.6 Å². The second-order valence-electron chi connectivity index (χ2n) is 5.04. The third kappa shape index (κ3) is 4.18. The fourth-order valence-corrected chi connectivity index (χ4v) is 1.72. The maximum absolute atomic E-state index is 12.0. The van der Waals surface area contributed by atoms with E-state index in [-0.39, 0.29) is 17.7 Å². The fraction of sp³-hybridized carbons (Fsp3) is 0.176. The van der Waals surface area contributed by atoms with Crippen LogP contribution in [-0.2, 0) is 4.79 Å². The highest BCUT2D eigenvalue weighted by molar-refractivity contribution is 6.04. The first-order valence-electron chi connectivity index (χ1n) is 6.83. The van der Waals surface area contributed by atoms with Gasteiger partial charge < -0.3 is 10.6 Å². The van der Waals surface area contributed by atoms with Crippen LogP contribution in [0.3, 0.4) is 0 Å². The monoisotopic (exact) mass is 282 g/mol. The number of amides is 2. The molecule has 0 aliphatic heterocycles. The molecule has 0 aliphatic rings. The van der Waals surface area contributed by atoms with E-state index in [1.54, 1.807) is 36.4 Å². The summed E-state index contributed by atoms with van der Waals surface area (Å²) in [5.74, 6) is -0.256. The standard InChI is InChI=1S/C17H18N2O2/c1-12(2)16(20)18-14-8-10-15(11-9-14)19-17(21)13-6-4-3-5-7-13/h3-12H,1-2H3,(H,18,20)(H,19,21). The maximum atomic E-state index is 12.0. The molecule has 4 heteroatoms. The van der Waals surface area contributed by atoms with Crippen molar-refractivity contribution in [2.24, 2.45) is 5.92 Å². The molecule has 2 rings (SSSR count). The highest BCUT2D eigenvalue weighted by Gasteiger charge is 2.08. The van der Waals surface area contributed by atoms with Crippen LogP contribution in [0, 0.1) is 5.92 Å². The quantitative estimate of drug-likeness (QED) is 0.901. The topological polar surface area (TPSA) is 58.2 Å². The van der Waals surface area contributed by atoms with Gasteiger partial charge in [0, 0.05) is 22.9 Å². The van der Waals surface area contributed by atoms with Crippen molar-refractivity contribution in [3.05, 3.63) is 60.2 Å². The van der Waals surface area contributed by atoms with Gasteiger partial charge in [0.05, 0.1) is 0 Å². The third-order valence-corrected chi connectivity index (χ3v) is 2.97. The summed E-state index contributed by atoms with van der Waals surface area (Å²) in [6, 6.07) is 16.1. The van der Waals surface area contributed by atoms with Crippen LogP contribution in [0.15, 0.2) is 54.6 Å². The second kappa shape index (κ2) is 6.70. The van der Waals surface area contributed by atoms with E-state index in [0.29, 0.717) is 16.9 Å². The van der Waals surface area contributed by atoms with Crippen LogP contribution in [0.1, 0.15) is 24.2 Å². The Bertz CT molecular complexity index is 619. The zero-order chi connectivity index (χ0) is 15.2.